The van der Waals surface area contributed by atoms with Crippen LogP contribution >= 0.6 is 0 Å². The number of carbonyl (C=O) groups is 5. The van der Waals surface area contributed by atoms with E-state index in [1.165, 1.54) is 5.56 Å². The van der Waals surface area contributed by atoms with Crippen molar-refractivity contribution < 1.29 is 24.0 Å². The van der Waals surface area contributed by atoms with Gasteiger partial charge in [0.05, 0.1) is 0 Å². The molecule has 0 saturated carbocycles. The van der Waals surface area contributed by atoms with Crippen molar-refractivity contribution in [1.29, 1.82) is 0 Å². The Bertz CT molecular complexity index is 2070. The summed E-state index contributed by atoms with van der Waals surface area (Å²) in [4.78, 5) is 57.3. The molecule has 51 heavy (non-hydrogen) atoms. The van der Waals surface area contributed by atoms with Gasteiger partial charge in [-0.2, -0.15) is 0 Å². The van der Waals surface area contributed by atoms with Gasteiger partial charge in [0.25, 0.3) is 0 Å². The van der Waals surface area contributed by atoms with Crippen LogP contribution in [0.1, 0.15) is 105 Å². The first-order valence-corrected chi connectivity index (χ1v) is 17.3. The van der Waals surface area contributed by atoms with Gasteiger partial charge in [-0.15, -0.1) is 0 Å². The number of Topliss-reactive ketones (excluding diaryl/α,β-unsaturated/α-hetero) is 3. The number of aldehydes is 2. The van der Waals surface area contributed by atoms with Gasteiger partial charge < -0.3 is 0 Å². The van der Waals surface area contributed by atoms with Crippen molar-refractivity contribution in [3.8, 4) is 0 Å². The third kappa shape index (κ3) is 8.57. The SMILES string of the molecule is O=C1/C(=C/c2cccc(/C=C3\CCc4ccccc4C3=O)c2)CCc2ccccc21.O=C1CCCc2ccccc21.O=Cc1cccc(C=O)c1. The summed E-state index contributed by atoms with van der Waals surface area (Å²) in [5.74, 6) is 0.561. The molecule has 252 valence electrons. The van der Waals surface area contributed by atoms with Crippen LogP contribution < -0.4 is 0 Å². The van der Waals surface area contributed by atoms with Gasteiger partial charge in [0.15, 0.2) is 17.3 Å². The second kappa shape index (κ2) is 16.6. The number of ketones is 3. The molecule has 3 aliphatic rings. The highest BCUT2D eigenvalue weighted by Crippen LogP contribution is 2.29. The first-order chi connectivity index (χ1) is 24.9. The van der Waals surface area contributed by atoms with E-state index in [0.717, 1.165) is 95.0 Å². The van der Waals surface area contributed by atoms with Gasteiger partial charge in [-0.05, 0) is 90.6 Å². The molecule has 0 amide bonds. The van der Waals surface area contributed by atoms with E-state index in [4.69, 9.17) is 0 Å². The molecule has 0 spiro atoms. The molecule has 5 aromatic rings. The van der Waals surface area contributed by atoms with Crippen molar-refractivity contribution in [2.75, 3.05) is 0 Å². The number of benzene rings is 5. The summed E-state index contributed by atoms with van der Waals surface area (Å²) in [6.07, 6.45) is 11.6. The zero-order valence-electron chi connectivity index (χ0n) is 28.3. The molecule has 0 aromatic heterocycles. The number of rotatable bonds is 4. The maximum atomic E-state index is 12.9. The molecule has 8 rings (SSSR count). The molecule has 0 fully saturated rings. The molecular formula is C46H38O5. The number of aryl methyl sites for hydroxylation is 3. The Kier molecular flexibility index (Phi) is 11.3. The summed E-state index contributed by atoms with van der Waals surface area (Å²) < 4.78 is 0. The van der Waals surface area contributed by atoms with Crippen LogP contribution in [-0.2, 0) is 19.3 Å². The highest BCUT2D eigenvalue weighted by molar-refractivity contribution is 6.14. The van der Waals surface area contributed by atoms with Crippen LogP contribution in [0.4, 0.5) is 0 Å². The number of hydrogen-bond donors (Lipinski definition) is 0. The van der Waals surface area contributed by atoms with Gasteiger partial charge in [-0.25, -0.2) is 0 Å². The molecule has 5 nitrogen and oxygen atoms in total. The molecule has 0 saturated heterocycles. The Hall–Kier alpha value is -6.07. The summed E-state index contributed by atoms with van der Waals surface area (Å²) in [7, 11) is 0. The molecule has 0 bridgehead atoms. The fourth-order valence-corrected chi connectivity index (χ4v) is 6.74. The first-order valence-electron chi connectivity index (χ1n) is 17.3. The van der Waals surface area contributed by atoms with Crippen molar-refractivity contribution in [3.63, 3.8) is 0 Å². The Morgan fingerprint density at radius 2 is 0.804 bits per heavy atom. The van der Waals surface area contributed by atoms with E-state index in [0.29, 0.717) is 29.5 Å². The van der Waals surface area contributed by atoms with Crippen LogP contribution in [0.2, 0.25) is 0 Å². The fourth-order valence-electron chi connectivity index (χ4n) is 6.74. The molecule has 5 heteroatoms. The quantitative estimate of drug-likeness (QED) is 0.140. The zero-order valence-corrected chi connectivity index (χ0v) is 28.3. The predicted octanol–water partition coefficient (Wildman–Crippen LogP) is 9.63. The molecule has 5 aromatic carbocycles. The minimum absolute atomic E-state index is 0.125. The van der Waals surface area contributed by atoms with Gasteiger partial charge >= 0.3 is 0 Å². The van der Waals surface area contributed by atoms with Crippen molar-refractivity contribution in [2.24, 2.45) is 0 Å². The second-order valence-electron chi connectivity index (χ2n) is 12.8. The standard InChI is InChI=1S/C28H22O2.C10H10O.C8H6O2/c29-27-23(14-12-21-8-1-3-10-25(21)27)17-19-6-5-7-20(16-19)18-24-15-13-22-9-2-4-11-26(22)28(24)30;11-10-7-3-5-8-4-1-2-6-9(8)10;9-5-7-2-1-3-8(4-7)6-10/h1-11,16-18H,12-15H2;1-2,4,6H,3,5,7H2;1-6H/b23-17+,24-18+;;. The lowest BCUT2D eigenvalue weighted by Gasteiger charge is -2.18. The Balaban J connectivity index is 0.000000173. The summed E-state index contributed by atoms with van der Waals surface area (Å²) in [6.45, 7) is 0. The van der Waals surface area contributed by atoms with E-state index in [1.807, 2.05) is 103 Å². The van der Waals surface area contributed by atoms with Gasteiger partial charge in [0.1, 0.15) is 12.6 Å². The van der Waals surface area contributed by atoms with Crippen molar-refractivity contribution >= 4 is 42.1 Å². The molecule has 0 heterocycles. The maximum absolute atomic E-state index is 12.9. The molecular weight excluding hydrogens is 633 g/mol. The third-order valence-electron chi connectivity index (χ3n) is 9.38. The minimum atomic E-state index is 0.125. The Morgan fingerprint density at radius 1 is 0.392 bits per heavy atom. The zero-order chi connectivity index (χ0) is 35.6. The lowest BCUT2D eigenvalue weighted by Crippen LogP contribution is -2.14. The molecule has 3 aliphatic carbocycles. The topological polar surface area (TPSA) is 85.3 Å². The normalized spacial score (nSPS) is 16.0. The van der Waals surface area contributed by atoms with E-state index in [9.17, 15) is 24.0 Å². The lowest BCUT2D eigenvalue weighted by atomic mass is 9.85. The van der Waals surface area contributed by atoms with Crippen molar-refractivity contribution in [1.82, 2.24) is 0 Å². The maximum Gasteiger partial charge on any atom is 0.189 e. The summed E-state index contributed by atoms with van der Waals surface area (Å²) in [6, 6.07) is 38.2. The summed E-state index contributed by atoms with van der Waals surface area (Å²) in [5.41, 5.74) is 10.8. The number of fused-ring (bicyclic) bond motifs is 3. The average molecular weight is 671 g/mol. The average Bonchev–Trinajstić information content (AvgIpc) is 3.18. The smallest absolute Gasteiger partial charge is 0.189 e. The first kappa shape index (κ1) is 34.8. The fraction of sp³-hybridized carbons (Fsp3) is 0.152. The number of hydrogen-bond acceptors (Lipinski definition) is 5. The lowest BCUT2D eigenvalue weighted by molar-refractivity contribution is 0.0970. The summed E-state index contributed by atoms with van der Waals surface area (Å²) >= 11 is 0. The van der Waals surface area contributed by atoms with E-state index in [2.05, 4.69) is 6.07 Å². The molecule has 0 aliphatic heterocycles. The minimum Gasteiger partial charge on any atom is -0.298 e. The van der Waals surface area contributed by atoms with E-state index < -0.39 is 0 Å². The van der Waals surface area contributed by atoms with E-state index >= 15 is 0 Å². The van der Waals surface area contributed by atoms with Crippen LogP contribution in [0.3, 0.4) is 0 Å². The highest BCUT2D eigenvalue weighted by Gasteiger charge is 2.22. The summed E-state index contributed by atoms with van der Waals surface area (Å²) in [5, 5.41) is 0. The third-order valence-corrected chi connectivity index (χ3v) is 9.38. The second-order valence-corrected chi connectivity index (χ2v) is 12.8. The van der Waals surface area contributed by atoms with Crippen molar-refractivity contribution in [2.45, 2.75) is 44.9 Å². The molecule has 0 unspecified atom stereocenters. The molecule has 0 radical (unpaired) electrons. The van der Waals surface area contributed by atoms with Gasteiger partial charge in [-0.3, -0.25) is 24.0 Å². The monoisotopic (exact) mass is 670 g/mol. The number of carbonyl (C=O) groups excluding carboxylic acids is 5. The van der Waals surface area contributed by atoms with Gasteiger partial charge in [-0.1, -0.05) is 109 Å². The van der Waals surface area contributed by atoms with Crippen LogP contribution in [0.5, 0.6) is 0 Å². The molecule has 0 atom stereocenters. The highest BCUT2D eigenvalue weighted by atomic mass is 16.1. The van der Waals surface area contributed by atoms with Crippen LogP contribution in [0.25, 0.3) is 12.2 Å². The van der Waals surface area contributed by atoms with Gasteiger partial charge in [0.2, 0.25) is 0 Å². The predicted molar refractivity (Wildman–Crippen MR) is 202 cm³/mol. The Morgan fingerprint density at radius 3 is 1.27 bits per heavy atom. The largest absolute Gasteiger partial charge is 0.298 e. The van der Waals surface area contributed by atoms with Crippen LogP contribution in [0.15, 0.2) is 132 Å². The molecule has 0 N–H and O–H groups in total. The van der Waals surface area contributed by atoms with Crippen molar-refractivity contribution in [3.05, 3.63) is 188 Å². The van der Waals surface area contributed by atoms with E-state index in [-0.39, 0.29) is 11.6 Å². The Labute approximate surface area is 298 Å². The number of allylic oxidation sites excluding steroid dienone is 2. The van der Waals surface area contributed by atoms with Crippen LogP contribution in [-0.4, -0.2) is 29.9 Å². The van der Waals surface area contributed by atoms with E-state index in [1.54, 1.807) is 24.3 Å². The van der Waals surface area contributed by atoms with Gasteiger partial charge in [0, 0.05) is 45.4 Å². The van der Waals surface area contributed by atoms with Crippen LogP contribution in [0, 0.1) is 0 Å².